The molecule has 6 heteroatoms. The lowest BCUT2D eigenvalue weighted by molar-refractivity contribution is 0.268. The van der Waals surface area contributed by atoms with Crippen molar-refractivity contribution in [1.82, 2.24) is 14.6 Å². The summed E-state index contributed by atoms with van der Waals surface area (Å²) in [5, 5.41) is 8.55. The first-order chi connectivity index (χ1) is 10.2. The van der Waals surface area contributed by atoms with Gasteiger partial charge in [0.25, 0.3) is 5.56 Å². The van der Waals surface area contributed by atoms with Gasteiger partial charge in [0.2, 0.25) is 10.1 Å². The maximum absolute atomic E-state index is 12.0. The van der Waals surface area contributed by atoms with Crippen molar-refractivity contribution in [1.29, 1.82) is 0 Å². The van der Waals surface area contributed by atoms with Gasteiger partial charge in [-0.2, -0.15) is 4.52 Å². The maximum Gasteiger partial charge on any atom is 0.275 e. The molecular formula is C15H22N4OS. The van der Waals surface area contributed by atoms with Crippen LogP contribution in [0.15, 0.2) is 10.9 Å². The molecule has 0 aliphatic heterocycles. The van der Waals surface area contributed by atoms with E-state index in [1.54, 1.807) is 6.07 Å². The molecule has 2 aromatic rings. The quantitative estimate of drug-likeness (QED) is 0.943. The molecule has 1 N–H and O–H groups in total. The summed E-state index contributed by atoms with van der Waals surface area (Å²) in [6.45, 7) is 5.28. The third-order valence-electron chi connectivity index (χ3n) is 4.46. The minimum absolute atomic E-state index is 0.0906. The van der Waals surface area contributed by atoms with Gasteiger partial charge < -0.3 is 5.32 Å². The van der Waals surface area contributed by atoms with E-state index in [9.17, 15) is 4.79 Å². The summed E-state index contributed by atoms with van der Waals surface area (Å²) in [7, 11) is 0. The van der Waals surface area contributed by atoms with Crippen molar-refractivity contribution in [3.8, 4) is 0 Å². The summed E-state index contributed by atoms with van der Waals surface area (Å²) >= 11 is 1.46. The summed E-state index contributed by atoms with van der Waals surface area (Å²) in [4.78, 5) is 17.1. The molecule has 0 aromatic carbocycles. The summed E-state index contributed by atoms with van der Waals surface area (Å²) in [6.07, 6.45) is 6.08. The Labute approximate surface area is 128 Å². The van der Waals surface area contributed by atoms with Crippen molar-refractivity contribution in [2.24, 2.45) is 11.8 Å². The molecule has 1 fully saturated rings. The Hall–Kier alpha value is -1.43. The van der Waals surface area contributed by atoms with E-state index in [1.807, 2.05) is 6.92 Å². The highest BCUT2D eigenvalue weighted by Crippen LogP contribution is 2.30. The number of nitrogens with zero attached hydrogens (tertiary/aromatic N) is 3. The van der Waals surface area contributed by atoms with Crippen LogP contribution in [0.1, 0.15) is 45.2 Å². The van der Waals surface area contributed by atoms with Crippen molar-refractivity contribution in [3.63, 3.8) is 0 Å². The third-order valence-corrected chi connectivity index (χ3v) is 5.33. The minimum atomic E-state index is -0.0906. The minimum Gasteiger partial charge on any atom is -0.360 e. The Morgan fingerprint density at radius 2 is 2.24 bits per heavy atom. The molecule has 1 saturated carbocycles. The standard InChI is InChI=1S/C15H22N4OS/c1-3-12-8-13(20)19-15(17-12)21-14(18-19)16-9-11-7-5-4-6-10(11)2/h8,10-11H,3-7,9H2,1-2H3,(H,16,18). The van der Waals surface area contributed by atoms with E-state index in [1.165, 1.54) is 41.5 Å². The first kappa shape index (κ1) is 14.5. The molecule has 0 amide bonds. The van der Waals surface area contributed by atoms with Crippen molar-refractivity contribution < 1.29 is 0 Å². The average molecular weight is 306 g/mol. The lowest BCUT2D eigenvalue weighted by atomic mass is 9.80. The summed E-state index contributed by atoms with van der Waals surface area (Å²) in [6, 6.07) is 1.57. The Balaban J connectivity index is 1.75. The van der Waals surface area contributed by atoms with Crippen LogP contribution in [0.2, 0.25) is 0 Å². The van der Waals surface area contributed by atoms with E-state index < -0.39 is 0 Å². The van der Waals surface area contributed by atoms with Gasteiger partial charge in [-0.25, -0.2) is 4.98 Å². The van der Waals surface area contributed by atoms with Crippen molar-refractivity contribution >= 4 is 21.4 Å². The number of aromatic nitrogens is 3. The molecule has 1 aliphatic rings. The van der Waals surface area contributed by atoms with Crippen LogP contribution in [-0.4, -0.2) is 21.1 Å². The number of aryl methyl sites for hydroxylation is 1. The largest absolute Gasteiger partial charge is 0.360 e. The van der Waals surface area contributed by atoms with E-state index in [0.717, 1.165) is 29.7 Å². The van der Waals surface area contributed by atoms with Crippen molar-refractivity contribution in [2.75, 3.05) is 11.9 Å². The molecule has 2 atom stereocenters. The van der Waals surface area contributed by atoms with Crippen LogP contribution in [0.25, 0.3) is 4.96 Å². The number of hydrogen-bond donors (Lipinski definition) is 1. The van der Waals surface area contributed by atoms with Gasteiger partial charge >= 0.3 is 0 Å². The molecular weight excluding hydrogens is 284 g/mol. The number of rotatable bonds is 4. The second kappa shape index (κ2) is 6.13. The molecule has 2 unspecified atom stereocenters. The molecule has 5 nitrogen and oxygen atoms in total. The van der Waals surface area contributed by atoms with Gasteiger partial charge in [-0.1, -0.05) is 44.4 Å². The highest BCUT2D eigenvalue weighted by Gasteiger charge is 2.21. The molecule has 2 heterocycles. The fourth-order valence-electron chi connectivity index (χ4n) is 3.02. The van der Waals surface area contributed by atoms with Crippen LogP contribution in [0.3, 0.4) is 0 Å². The Kier molecular flexibility index (Phi) is 4.24. The van der Waals surface area contributed by atoms with E-state index in [2.05, 4.69) is 22.3 Å². The average Bonchev–Trinajstić information content (AvgIpc) is 2.90. The molecule has 114 valence electrons. The monoisotopic (exact) mass is 306 g/mol. The normalized spacial score (nSPS) is 22.6. The zero-order valence-corrected chi connectivity index (χ0v) is 13.4. The Morgan fingerprint density at radius 1 is 1.43 bits per heavy atom. The van der Waals surface area contributed by atoms with Crippen LogP contribution >= 0.6 is 11.3 Å². The van der Waals surface area contributed by atoms with Crippen LogP contribution < -0.4 is 10.9 Å². The Bertz CT molecular complexity index is 678. The second-order valence-electron chi connectivity index (χ2n) is 5.94. The fraction of sp³-hybridized carbons (Fsp3) is 0.667. The van der Waals surface area contributed by atoms with Gasteiger partial charge in [0.1, 0.15) is 0 Å². The molecule has 0 spiro atoms. The second-order valence-corrected chi connectivity index (χ2v) is 6.90. The topological polar surface area (TPSA) is 59.3 Å². The smallest absolute Gasteiger partial charge is 0.275 e. The predicted molar refractivity (Wildman–Crippen MR) is 86.1 cm³/mol. The van der Waals surface area contributed by atoms with Gasteiger partial charge in [0.05, 0.1) is 0 Å². The molecule has 0 saturated heterocycles. The van der Waals surface area contributed by atoms with Crippen LogP contribution in [-0.2, 0) is 6.42 Å². The predicted octanol–water partition coefficient (Wildman–Crippen LogP) is 2.95. The first-order valence-corrected chi connectivity index (χ1v) is 8.62. The first-order valence-electron chi connectivity index (χ1n) is 7.81. The highest BCUT2D eigenvalue weighted by molar-refractivity contribution is 7.20. The third kappa shape index (κ3) is 3.10. The van der Waals surface area contributed by atoms with Crippen LogP contribution in [0, 0.1) is 11.8 Å². The van der Waals surface area contributed by atoms with Crippen LogP contribution in [0.4, 0.5) is 5.13 Å². The van der Waals surface area contributed by atoms with E-state index in [4.69, 9.17) is 0 Å². The lowest BCUT2D eigenvalue weighted by Gasteiger charge is -2.28. The van der Waals surface area contributed by atoms with E-state index >= 15 is 0 Å². The number of fused-ring (bicyclic) bond motifs is 1. The van der Waals surface area contributed by atoms with Crippen molar-refractivity contribution in [3.05, 3.63) is 22.1 Å². The number of hydrogen-bond acceptors (Lipinski definition) is 5. The number of anilines is 1. The van der Waals surface area contributed by atoms with E-state index in [0.29, 0.717) is 10.9 Å². The fourth-order valence-corrected chi connectivity index (χ4v) is 3.85. The number of nitrogens with one attached hydrogen (secondary N) is 1. The zero-order valence-electron chi connectivity index (χ0n) is 12.6. The molecule has 0 bridgehead atoms. The van der Waals surface area contributed by atoms with Gasteiger partial charge in [-0.15, -0.1) is 5.10 Å². The van der Waals surface area contributed by atoms with Gasteiger partial charge in [0.15, 0.2) is 0 Å². The van der Waals surface area contributed by atoms with Crippen LogP contribution in [0.5, 0.6) is 0 Å². The lowest BCUT2D eigenvalue weighted by Crippen LogP contribution is -2.24. The SMILES string of the molecule is CCc1cc(=O)n2nc(NCC3CCCCC3C)sc2n1. The maximum atomic E-state index is 12.0. The van der Waals surface area contributed by atoms with E-state index in [-0.39, 0.29) is 5.56 Å². The molecule has 21 heavy (non-hydrogen) atoms. The van der Waals surface area contributed by atoms with Gasteiger partial charge in [-0.3, -0.25) is 4.79 Å². The van der Waals surface area contributed by atoms with Crippen molar-refractivity contribution in [2.45, 2.75) is 46.0 Å². The molecule has 2 aromatic heterocycles. The summed E-state index contributed by atoms with van der Waals surface area (Å²) in [5.74, 6) is 1.48. The van der Waals surface area contributed by atoms with Gasteiger partial charge in [-0.05, 0) is 24.7 Å². The molecule has 1 aliphatic carbocycles. The molecule has 3 rings (SSSR count). The summed E-state index contributed by atoms with van der Waals surface area (Å²) < 4.78 is 1.40. The Morgan fingerprint density at radius 3 is 3.00 bits per heavy atom. The zero-order chi connectivity index (χ0) is 14.8. The highest BCUT2D eigenvalue weighted by atomic mass is 32.1. The molecule has 0 radical (unpaired) electrons. The van der Waals surface area contributed by atoms with Gasteiger partial charge in [0, 0.05) is 18.3 Å². The summed E-state index contributed by atoms with van der Waals surface area (Å²) in [5.41, 5.74) is 0.739.